The number of fused-ring (bicyclic) bond motifs is 1. The molecule has 1 N–H and O–H groups in total. The molecule has 2 aliphatic rings. The van der Waals surface area contributed by atoms with Gasteiger partial charge in [0.25, 0.3) is 5.91 Å². The molecule has 5 nitrogen and oxygen atoms in total. The first-order valence-electron chi connectivity index (χ1n) is 8.17. The van der Waals surface area contributed by atoms with Gasteiger partial charge >= 0.3 is 0 Å². The first kappa shape index (κ1) is 16.9. The lowest BCUT2D eigenvalue weighted by Gasteiger charge is -2.29. The van der Waals surface area contributed by atoms with Gasteiger partial charge in [-0.15, -0.1) is 0 Å². The van der Waals surface area contributed by atoms with Gasteiger partial charge in [0, 0.05) is 23.3 Å². The van der Waals surface area contributed by atoms with Crippen LogP contribution in [0.3, 0.4) is 0 Å². The fourth-order valence-corrected chi connectivity index (χ4v) is 2.95. The van der Waals surface area contributed by atoms with Crippen molar-refractivity contribution in [1.82, 2.24) is 5.32 Å². The van der Waals surface area contributed by atoms with Crippen LogP contribution >= 0.6 is 0 Å². The summed E-state index contributed by atoms with van der Waals surface area (Å²) in [6, 6.07) is 6.86. The zero-order valence-corrected chi connectivity index (χ0v) is 14.4. The average molecular weight is 336 g/mol. The third-order valence-electron chi connectivity index (χ3n) is 4.24. The van der Waals surface area contributed by atoms with E-state index < -0.39 is 0 Å². The fraction of sp³-hybridized carbons (Fsp3) is 0.250. The minimum Gasteiger partial charge on any atom is -0.497 e. The summed E-state index contributed by atoms with van der Waals surface area (Å²) < 4.78 is 5.13. The standard InChI is InChI=1S/C20H20N2O3/c1-12(2)17-11-19(23)22-18-10-14(7-8-16(17)18)21-20(24)13-5-4-6-15(9-13)25-3/h4-12,16H,1-3H3,(H,22,23). The van der Waals surface area contributed by atoms with Crippen LogP contribution in [0.25, 0.3) is 0 Å². The summed E-state index contributed by atoms with van der Waals surface area (Å²) in [6.45, 7) is 4.12. The Balaban J connectivity index is 1.87. The van der Waals surface area contributed by atoms with Crippen LogP contribution in [0.5, 0.6) is 5.75 Å². The smallest absolute Gasteiger partial charge is 0.277 e. The Kier molecular flexibility index (Phi) is 4.65. The number of ether oxygens (including phenoxy) is 1. The maximum absolute atomic E-state index is 12.4. The van der Waals surface area contributed by atoms with Crippen LogP contribution in [-0.4, -0.2) is 24.6 Å². The number of aliphatic imine (C=N–C) groups is 1. The van der Waals surface area contributed by atoms with E-state index in [9.17, 15) is 9.59 Å². The first-order valence-corrected chi connectivity index (χ1v) is 8.17. The SMILES string of the molecule is COc1cccc(C(=O)N=C2C=CC3C(=C2)NC(=O)C=C3C(C)C)c1. The summed E-state index contributed by atoms with van der Waals surface area (Å²) in [7, 11) is 1.55. The highest BCUT2D eigenvalue weighted by atomic mass is 16.5. The fourth-order valence-electron chi connectivity index (χ4n) is 2.95. The number of amides is 2. The van der Waals surface area contributed by atoms with E-state index in [2.05, 4.69) is 24.2 Å². The predicted molar refractivity (Wildman–Crippen MR) is 96.5 cm³/mol. The van der Waals surface area contributed by atoms with Gasteiger partial charge in [0.1, 0.15) is 5.75 Å². The number of rotatable bonds is 3. The second kappa shape index (κ2) is 6.89. The Bertz CT molecular complexity index is 844. The molecule has 0 spiro atoms. The Morgan fingerprint density at radius 1 is 1.28 bits per heavy atom. The Morgan fingerprint density at radius 2 is 2.08 bits per heavy atom. The van der Waals surface area contributed by atoms with Gasteiger partial charge in [-0.05, 0) is 41.8 Å². The summed E-state index contributed by atoms with van der Waals surface area (Å²) in [5.74, 6) is 0.412. The lowest BCUT2D eigenvalue weighted by atomic mass is 9.82. The molecule has 1 heterocycles. The molecule has 1 atom stereocenters. The summed E-state index contributed by atoms with van der Waals surface area (Å²) in [5.41, 5.74) is 2.79. The van der Waals surface area contributed by atoms with Crippen LogP contribution in [0, 0.1) is 11.8 Å². The average Bonchev–Trinajstić information content (AvgIpc) is 2.60. The lowest BCUT2D eigenvalue weighted by Crippen LogP contribution is -2.34. The maximum atomic E-state index is 12.4. The van der Waals surface area contributed by atoms with E-state index in [-0.39, 0.29) is 23.7 Å². The van der Waals surface area contributed by atoms with Crippen molar-refractivity contribution in [3.63, 3.8) is 0 Å². The number of hydrogen-bond acceptors (Lipinski definition) is 3. The van der Waals surface area contributed by atoms with Crippen LogP contribution in [0.4, 0.5) is 0 Å². The van der Waals surface area contributed by atoms with Gasteiger partial charge in [-0.3, -0.25) is 9.59 Å². The summed E-state index contributed by atoms with van der Waals surface area (Å²) in [5, 5.41) is 2.85. The van der Waals surface area contributed by atoms with E-state index in [1.807, 2.05) is 12.2 Å². The van der Waals surface area contributed by atoms with Crippen molar-refractivity contribution in [3.05, 3.63) is 65.4 Å². The molecule has 1 aromatic rings. The minimum atomic E-state index is -0.351. The van der Waals surface area contributed by atoms with Crippen molar-refractivity contribution in [1.29, 1.82) is 0 Å². The van der Waals surface area contributed by atoms with Gasteiger partial charge in [0.2, 0.25) is 5.91 Å². The molecule has 0 saturated heterocycles. The summed E-state index contributed by atoms with van der Waals surface area (Å²) in [6.07, 6.45) is 7.20. The van der Waals surface area contributed by atoms with Crippen molar-refractivity contribution in [2.75, 3.05) is 7.11 Å². The lowest BCUT2D eigenvalue weighted by molar-refractivity contribution is -0.116. The molecule has 25 heavy (non-hydrogen) atoms. The van der Waals surface area contributed by atoms with Gasteiger partial charge in [-0.2, -0.15) is 0 Å². The molecule has 1 unspecified atom stereocenters. The number of carbonyl (C=O) groups excluding carboxylic acids is 2. The summed E-state index contributed by atoms with van der Waals surface area (Å²) >= 11 is 0. The Labute approximate surface area is 146 Å². The van der Waals surface area contributed by atoms with Crippen LogP contribution in [0.2, 0.25) is 0 Å². The maximum Gasteiger partial charge on any atom is 0.277 e. The van der Waals surface area contributed by atoms with Crippen LogP contribution < -0.4 is 10.1 Å². The second-order valence-electron chi connectivity index (χ2n) is 6.30. The number of benzene rings is 1. The van der Waals surface area contributed by atoms with E-state index in [0.29, 0.717) is 17.0 Å². The molecule has 1 aliphatic heterocycles. The summed E-state index contributed by atoms with van der Waals surface area (Å²) in [4.78, 5) is 28.4. The van der Waals surface area contributed by atoms with Gasteiger partial charge in [0.15, 0.2) is 0 Å². The number of hydrogen-bond donors (Lipinski definition) is 1. The molecule has 1 aromatic carbocycles. The predicted octanol–water partition coefficient (Wildman–Crippen LogP) is 3.06. The van der Waals surface area contributed by atoms with Crippen LogP contribution in [0.1, 0.15) is 24.2 Å². The molecular weight excluding hydrogens is 316 g/mol. The molecule has 5 heteroatoms. The number of nitrogens with zero attached hydrogens (tertiary/aromatic N) is 1. The molecule has 1 aliphatic carbocycles. The van der Waals surface area contributed by atoms with E-state index in [1.165, 1.54) is 0 Å². The zero-order valence-electron chi connectivity index (χ0n) is 14.4. The number of methoxy groups -OCH3 is 1. The van der Waals surface area contributed by atoms with E-state index in [1.54, 1.807) is 43.5 Å². The van der Waals surface area contributed by atoms with Gasteiger partial charge in [-0.1, -0.05) is 26.0 Å². The second-order valence-corrected chi connectivity index (χ2v) is 6.30. The molecule has 128 valence electrons. The number of allylic oxidation sites excluding steroid dienone is 3. The van der Waals surface area contributed by atoms with Crippen molar-refractivity contribution >= 4 is 17.5 Å². The largest absolute Gasteiger partial charge is 0.497 e. The molecular formula is C20H20N2O3. The highest BCUT2D eigenvalue weighted by Crippen LogP contribution is 2.31. The third kappa shape index (κ3) is 3.60. The molecule has 0 radical (unpaired) electrons. The van der Waals surface area contributed by atoms with Crippen LogP contribution in [0.15, 0.2) is 64.8 Å². The molecule has 0 fully saturated rings. The third-order valence-corrected chi connectivity index (χ3v) is 4.24. The molecule has 0 aromatic heterocycles. The molecule has 2 amide bonds. The van der Waals surface area contributed by atoms with Crippen molar-refractivity contribution < 1.29 is 14.3 Å². The Morgan fingerprint density at radius 3 is 2.80 bits per heavy atom. The topological polar surface area (TPSA) is 67.8 Å². The number of nitrogens with one attached hydrogen (secondary N) is 1. The first-order chi connectivity index (χ1) is 12.0. The monoisotopic (exact) mass is 336 g/mol. The van der Waals surface area contributed by atoms with Crippen LogP contribution in [-0.2, 0) is 4.79 Å². The quantitative estimate of drug-likeness (QED) is 0.922. The highest BCUT2D eigenvalue weighted by Gasteiger charge is 2.27. The van der Waals surface area contributed by atoms with Crippen molar-refractivity contribution in [3.8, 4) is 5.75 Å². The van der Waals surface area contributed by atoms with Gasteiger partial charge in [0.05, 0.1) is 12.8 Å². The molecule has 0 saturated carbocycles. The minimum absolute atomic E-state index is 0.0311. The highest BCUT2D eigenvalue weighted by molar-refractivity contribution is 6.14. The van der Waals surface area contributed by atoms with E-state index >= 15 is 0 Å². The van der Waals surface area contributed by atoms with Crippen molar-refractivity contribution in [2.24, 2.45) is 16.8 Å². The zero-order chi connectivity index (χ0) is 18.0. The molecule has 0 bridgehead atoms. The molecule has 3 rings (SSSR count). The van der Waals surface area contributed by atoms with Gasteiger partial charge in [-0.25, -0.2) is 4.99 Å². The Hall–Kier alpha value is -2.95. The number of carbonyl (C=O) groups is 2. The van der Waals surface area contributed by atoms with E-state index in [4.69, 9.17) is 4.74 Å². The van der Waals surface area contributed by atoms with Crippen molar-refractivity contribution in [2.45, 2.75) is 13.8 Å². The van der Waals surface area contributed by atoms with E-state index in [0.717, 1.165) is 11.3 Å². The van der Waals surface area contributed by atoms with Gasteiger partial charge < -0.3 is 10.1 Å². The normalized spacial score (nSPS) is 20.7.